The number of hydrogen-bond donors (Lipinski definition) is 1. The second kappa shape index (κ2) is 8.88. The number of ether oxygens (including phenoxy) is 1. The Morgan fingerprint density at radius 1 is 1.19 bits per heavy atom. The number of hydrogen-bond acceptors (Lipinski definition) is 6. The molecule has 0 fully saturated rings. The van der Waals surface area contributed by atoms with Crippen LogP contribution in [0, 0.1) is 0 Å². The highest BCUT2D eigenvalue weighted by Crippen LogP contribution is 2.38. The minimum atomic E-state index is -3.42. The smallest absolute Gasteiger partial charge is 0.310 e. The average molecular weight is 454 g/mol. The first kappa shape index (κ1) is 21.6. The summed E-state index contributed by atoms with van der Waals surface area (Å²) in [6.07, 6.45) is 2.97. The topological polar surface area (TPSA) is 101 Å². The van der Waals surface area contributed by atoms with Gasteiger partial charge in [-0.05, 0) is 42.8 Å². The Kier molecular flexibility index (Phi) is 6.00. The number of carbonyl (C=O) groups excluding carboxylic acids is 1. The van der Waals surface area contributed by atoms with Gasteiger partial charge in [-0.1, -0.05) is 30.3 Å². The zero-order chi connectivity index (χ0) is 22.7. The summed E-state index contributed by atoms with van der Waals surface area (Å²) in [4.78, 5) is 13.2. The maximum absolute atomic E-state index is 13.2. The van der Waals surface area contributed by atoms with Crippen molar-refractivity contribution >= 4 is 27.3 Å². The summed E-state index contributed by atoms with van der Waals surface area (Å²) in [5, 5.41) is 6.02. The summed E-state index contributed by atoms with van der Waals surface area (Å²) in [6, 6.07) is 17.3. The molecule has 0 spiro atoms. The van der Waals surface area contributed by atoms with E-state index in [1.807, 2.05) is 37.3 Å². The molecular formula is C23H23N3O5S. The Labute approximate surface area is 186 Å². The molecule has 8 nitrogen and oxygen atoms in total. The van der Waals surface area contributed by atoms with Crippen LogP contribution in [0.4, 0.5) is 5.69 Å². The van der Waals surface area contributed by atoms with Crippen molar-refractivity contribution in [3.8, 4) is 5.75 Å². The SMILES string of the molecule is CCOc1ccccc1[C@H]1CC(c2cccc(NS(C)(=O)=O)c2)=NN1C(=O)c1ccco1. The standard InChI is InChI=1S/C23H23N3O5S/c1-3-30-21-11-5-4-10-18(21)20-15-19(24-26(20)23(27)22-12-7-13-31-22)16-8-6-9-17(14-16)25-32(2,28)29/h4-14,20,25H,3,15H2,1-2H3/t20-/m1/s1. The highest BCUT2D eigenvalue weighted by Gasteiger charge is 2.36. The third-order valence-electron chi connectivity index (χ3n) is 4.93. The number of benzene rings is 2. The second-order valence-corrected chi connectivity index (χ2v) is 9.07. The molecule has 2 heterocycles. The van der Waals surface area contributed by atoms with Crippen molar-refractivity contribution in [2.24, 2.45) is 5.10 Å². The number of furan rings is 1. The molecule has 0 saturated carbocycles. The van der Waals surface area contributed by atoms with Crippen LogP contribution in [0.15, 0.2) is 76.4 Å². The zero-order valence-corrected chi connectivity index (χ0v) is 18.5. The molecule has 32 heavy (non-hydrogen) atoms. The lowest BCUT2D eigenvalue weighted by molar-refractivity contribution is 0.0676. The van der Waals surface area contributed by atoms with Crippen molar-refractivity contribution in [1.29, 1.82) is 0 Å². The molecule has 0 bridgehead atoms. The Morgan fingerprint density at radius 3 is 2.72 bits per heavy atom. The van der Waals surface area contributed by atoms with Gasteiger partial charge in [-0.25, -0.2) is 13.4 Å². The van der Waals surface area contributed by atoms with E-state index < -0.39 is 16.1 Å². The molecule has 1 amide bonds. The molecule has 9 heteroatoms. The average Bonchev–Trinajstić information content (AvgIpc) is 3.43. The van der Waals surface area contributed by atoms with Gasteiger partial charge < -0.3 is 9.15 Å². The van der Waals surface area contributed by atoms with Gasteiger partial charge in [-0.3, -0.25) is 9.52 Å². The van der Waals surface area contributed by atoms with Crippen LogP contribution in [0.3, 0.4) is 0 Å². The van der Waals surface area contributed by atoms with E-state index in [0.29, 0.717) is 35.7 Å². The lowest BCUT2D eigenvalue weighted by atomic mass is 9.97. The van der Waals surface area contributed by atoms with Gasteiger partial charge in [-0.2, -0.15) is 5.10 Å². The molecule has 4 rings (SSSR count). The maximum Gasteiger partial charge on any atom is 0.310 e. The quantitative estimate of drug-likeness (QED) is 0.582. The summed E-state index contributed by atoms with van der Waals surface area (Å²) < 4.78 is 36.8. The van der Waals surface area contributed by atoms with Crippen molar-refractivity contribution in [3.63, 3.8) is 0 Å². The Bertz CT molecular complexity index is 1250. The number of para-hydroxylation sites is 1. The predicted octanol–water partition coefficient (Wildman–Crippen LogP) is 4.04. The number of anilines is 1. The molecule has 0 unspecified atom stereocenters. The fourth-order valence-corrected chi connectivity index (χ4v) is 4.20. The number of carbonyl (C=O) groups is 1. The van der Waals surface area contributed by atoms with Crippen LogP contribution >= 0.6 is 0 Å². The monoisotopic (exact) mass is 453 g/mol. The molecule has 1 aliphatic heterocycles. The second-order valence-electron chi connectivity index (χ2n) is 7.32. The van der Waals surface area contributed by atoms with Gasteiger partial charge in [0.05, 0.1) is 30.9 Å². The molecule has 0 saturated heterocycles. The summed E-state index contributed by atoms with van der Waals surface area (Å²) in [5.74, 6) is 0.495. The summed E-state index contributed by atoms with van der Waals surface area (Å²) >= 11 is 0. The van der Waals surface area contributed by atoms with Crippen molar-refractivity contribution in [2.45, 2.75) is 19.4 Å². The summed E-state index contributed by atoms with van der Waals surface area (Å²) in [5.41, 5.74) is 2.62. The Balaban J connectivity index is 1.74. The van der Waals surface area contributed by atoms with Gasteiger partial charge in [0.15, 0.2) is 5.76 Å². The molecule has 166 valence electrons. The number of hydrazone groups is 1. The zero-order valence-electron chi connectivity index (χ0n) is 17.7. The minimum Gasteiger partial charge on any atom is -0.494 e. The molecule has 1 atom stereocenters. The van der Waals surface area contributed by atoms with Crippen LogP contribution in [0.25, 0.3) is 0 Å². The molecule has 0 radical (unpaired) electrons. The largest absolute Gasteiger partial charge is 0.494 e. The number of sulfonamides is 1. The number of nitrogens with zero attached hydrogens (tertiary/aromatic N) is 2. The predicted molar refractivity (Wildman–Crippen MR) is 121 cm³/mol. The summed E-state index contributed by atoms with van der Waals surface area (Å²) in [6.45, 7) is 2.39. The minimum absolute atomic E-state index is 0.182. The van der Waals surface area contributed by atoms with Crippen LogP contribution in [0.5, 0.6) is 5.75 Å². The van der Waals surface area contributed by atoms with E-state index in [-0.39, 0.29) is 11.7 Å². The van der Waals surface area contributed by atoms with Crippen LogP contribution in [-0.2, 0) is 10.0 Å². The lowest BCUT2D eigenvalue weighted by Crippen LogP contribution is -2.27. The van der Waals surface area contributed by atoms with Crippen LogP contribution in [0.1, 0.15) is 41.1 Å². The first-order chi connectivity index (χ1) is 15.4. The fraction of sp³-hybridized carbons (Fsp3) is 0.217. The van der Waals surface area contributed by atoms with Gasteiger partial charge in [0, 0.05) is 17.7 Å². The highest BCUT2D eigenvalue weighted by atomic mass is 32.2. The third-order valence-corrected chi connectivity index (χ3v) is 5.53. The molecule has 2 aromatic carbocycles. The molecule has 0 aliphatic carbocycles. The van der Waals surface area contributed by atoms with Crippen LogP contribution in [-0.4, -0.2) is 37.9 Å². The first-order valence-corrected chi connectivity index (χ1v) is 12.0. The van der Waals surface area contributed by atoms with E-state index in [1.165, 1.54) is 11.3 Å². The van der Waals surface area contributed by atoms with E-state index >= 15 is 0 Å². The van der Waals surface area contributed by atoms with Gasteiger partial charge in [0.2, 0.25) is 10.0 Å². The molecule has 1 aromatic heterocycles. The number of amides is 1. The van der Waals surface area contributed by atoms with Crippen molar-refractivity contribution < 1.29 is 22.4 Å². The third kappa shape index (κ3) is 4.67. The summed E-state index contributed by atoms with van der Waals surface area (Å²) in [7, 11) is -3.42. The fourth-order valence-electron chi connectivity index (χ4n) is 3.65. The van der Waals surface area contributed by atoms with Gasteiger partial charge in [-0.15, -0.1) is 0 Å². The van der Waals surface area contributed by atoms with Crippen LogP contribution in [0.2, 0.25) is 0 Å². The molecule has 1 N–H and O–H groups in total. The Morgan fingerprint density at radius 2 is 2.00 bits per heavy atom. The molecular weight excluding hydrogens is 430 g/mol. The van der Waals surface area contributed by atoms with E-state index in [1.54, 1.807) is 30.3 Å². The van der Waals surface area contributed by atoms with Gasteiger partial charge in [0.1, 0.15) is 5.75 Å². The highest BCUT2D eigenvalue weighted by molar-refractivity contribution is 7.92. The first-order valence-electron chi connectivity index (χ1n) is 10.1. The van der Waals surface area contributed by atoms with Gasteiger partial charge in [0.25, 0.3) is 0 Å². The lowest BCUT2D eigenvalue weighted by Gasteiger charge is -2.23. The molecule has 3 aromatic rings. The molecule has 1 aliphatic rings. The van der Waals surface area contributed by atoms with Crippen molar-refractivity contribution in [1.82, 2.24) is 5.01 Å². The maximum atomic E-state index is 13.2. The number of nitrogens with one attached hydrogen (secondary N) is 1. The van der Waals surface area contributed by atoms with E-state index in [4.69, 9.17) is 9.15 Å². The van der Waals surface area contributed by atoms with E-state index in [2.05, 4.69) is 9.82 Å². The van der Waals surface area contributed by atoms with Crippen molar-refractivity contribution in [2.75, 3.05) is 17.6 Å². The number of rotatable bonds is 7. The van der Waals surface area contributed by atoms with Crippen molar-refractivity contribution in [3.05, 3.63) is 83.8 Å². The van der Waals surface area contributed by atoms with Crippen LogP contribution < -0.4 is 9.46 Å². The van der Waals surface area contributed by atoms with E-state index in [9.17, 15) is 13.2 Å². The van der Waals surface area contributed by atoms with E-state index in [0.717, 1.165) is 11.8 Å². The Hall–Kier alpha value is -3.59. The normalized spacial score (nSPS) is 16.0. The van der Waals surface area contributed by atoms with Gasteiger partial charge >= 0.3 is 5.91 Å².